The largest absolute Gasteiger partial charge is 0.487 e. The van der Waals surface area contributed by atoms with Crippen molar-refractivity contribution in [2.24, 2.45) is 0 Å². The van der Waals surface area contributed by atoms with Gasteiger partial charge in [-0.1, -0.05) is 54.6 Å². The van der Waals surface area contributed by atoms with Gasteiger partial charge in [-0.05, 0) is 43.7 Å². The van der Waals surface area contributed by atoms with Gasteiger partial charge in [0.2, 0.25) is 23.6 Å². The van der Waals surface area contributed by atoms with Crippen molar-refractivity contribution in [2.45, 2.75) is 82.4 Å². The van der Waals surface area contributed by atoms with Gasteiger partial charge in [-0.15, -0.1) is 5.10 Å². The number of hydrogen-bond donors (Lipinski definition) is 5. The van der Waals surface area contributed by atoms with Gasteiger partial charge in [0.1, 0.15) is 42.2 Å². The van der Waals surface area contributed by atoms with Crippen LogP contribution in [0.2, 0.25) is 0 Å². The first kappa shape index (κ1) is 35.0. The van der Waals surface area contributed by atoms with E-state index in [9.17, 15) is 29.1 Å². The number of fused-ring (bicyclic) bond motifs is 9. The topological polar surface area (TPSA) is 197 Å². The highest BCUT2D eigenvalue weighted by atomic mass is 16.5. The zero-order chi connectivity index (χ0) is 35.1. The summed E-state index contributed by atoms with van der Waals surface area (Å²) in [4.78, 5) is 68.4. The highest BCUT2D eigenvalue weighted by Gasteiger charge is 2.44. The quantitative estimate of drug-likeness (QED) is 0.222. The lowest BCUT2D eigenvalue weighted by Crippen LogP contribution is -2.58. The lowest BCUT2D eigenvalue weighted by molar-refractivity contribution is -0.143. The van der Waals surface area contributed by atoms with E-state index >= 15 is 0 Å². The predicted molar refractivity (Wildman–Crippen MR) is 176 cm³/mol. The predicted octanol–water partition coefficient (Wildman–Crippen LogP) is 0.355. The van der Waals surface area contributed by atoms with Crippen LogP contribution in [0.4, 0.5) is 0 Å². The molecule has 4 amide bonds. The normalized spacial score (nSPS) is 22.4. The molecule has 15 heteroatoms. The van der Waals surface area contributed by atoms with E-state index in [-0.39, 0.29) is 44.7 Å². The summed E-state index contributed by atoms with van der Waals surface area (Å²) in [5, 5.41) is 29.6. The molecule has 0 radical (unpaired) electrons. The number of nitrogens with zero attached hydrogens (tertiary/aromatic N) is 4. The van der Waals surface area contributed by atoms with Crippen molar-refractivity contribution in [3.8, 4) is 5.75 Å². The van der Waals surface area contributed by atoms with Crippen molar-refractivity contribution < 1.29 is 33.8 Å². The number of likely N-dealkylation sites (tertiary alicyclic amines) is 1. The first-order chi connectivity index (χ1) is 23.6. The van der Waals surface area contributed by atoms with Crippen LogP contribution in [0.15, 0.2) is 60.8 Å². The number of rotatable bonds is 8. The van der Waals surface area contributed by atoms with Gasteiger partial charge in [-0.2, -0.15) is 0 Å². The molecule has 3 aromatic rings. The monoisotopic (exact) mass is 674 g/mol. The smallest absolute Gasteiger partial charge is 0.326 e. The van der Waals surface area contributed by atoms with Crippen LogP contribution in [0.1, 0.15) is 49.6 Å². The van der Waals surface area contributed by atoms with Gasteiger partial charge in [0.05, 0.1) is 18.3 Å². The fraction of sp³-hybridized carbons (Fsp3) is 0.441. The number of carbonyl (C=O) groups is 5. The average Bonchev–Trinajstić information content (AvgIpc) is 3.77. The van der Waals surface area contributed by atoms with E-state index in [2.05, 4.69) is 31.6 Å². The molecule has 15 nitrogen and oxygen atoms in total. The molecule has 6 bridgehead atoms. The van der Waals surface area contributed by atoms with Crippen LogP contribution in [0, 0.1) is 0 Å². The van der Waals surface area contributed by atoms with Gasteiger partial charge >= 0.3 is 5.97 Å². The van der Waals surface area contributed by atoms with E-state index in [1.54, 1.807) is 80.3 Å². The van der Waals surface area contributed by atoms with Gasteiger partial charge in [-0.25, -0.2) is 9.48 Å². The standard InChI is InChI=1S/C34H42N8O7/c1-4-26(36-30(43)20(2)35-3)33(46)41-18-24-16-29(41)32(45)37-27(14-21-8-6-5-7-9-21)31(44)38-28(34(47)48)15-22-10-12-25(13-11-22)49-19-23-17-42(24)40-39-23/h5-13,17,20,24,26-29,35H,4,14-16,18-19H2,1-3H3,(H,36,43)(H,37,45)(H,38,44)(H,47,48)/t20-,24-,26-,27-,28?,29-/m0/s1. The van der Waals surface area contributed by atoms with Gasteiger partial charge in [0.15, 0.2) is 0 Å². The van der Waals surface area contributed by atoms with E-state index in [0.717, 1.165) is 5.56 Å². The molecule has 0 aliphatic carbocycles. The first-order valence-electron chi connectivity index (χ1n) is 16.3. The number of aliphatic carboxylic acids is 1. The molecule has 5 N–H and O–H groups in total. The zero-order valence-electron chi connectivity index (χ0n) is 27.7. The van der Waals surface area contributed by atoms with Crippen molar-refractivity contribution in [1.82, 2.24) is 41.2 Å². The van der Waals surface area contributed by atoms with Gasteiger partial charge in [0, 0.05) is 25.8 Å². The van der Waals surface area contributed by atoms with E-state index in [4.69, 9.17) is 4.74 Å². The number of hydrogen-bond acceptors (Lipinski definition) is 9. The second kappa shape index (κ2) is 15.7. The van der Waals surface area contributed by atoms with Crippen LogP contribution >= 0.6 is 0 Å². The molecule has 6 atom stereocenters. The Bertz CT molecular complexity index is 1650. The second-order valence-corrected chi connectivity index (χ2v) is 12.4. The molecule has 0 saturated carbocycles. The van der Waals surface area contributed by atoms with Crippen LogP contribution in [0.25, 0.3) is 0 Å². The van der Waals surface area contributed by atoms with Crippen molar-refractivity contribution in [1.29, 1.82) is 0 Å². The summed E-state index contributed by atoms with van der Waals surface area (Å²) < 4.78 is 7.47. The van der Waals surface area contributed by atoms with Gasteiger partial charge in [0.25, 0.3) is 0 Å². The van der Waals surface area contributed by atoms with Crippen LogP contribution in [0.5, 0.6) is 5.75 Å². The van der Waals surface area contributed by atoms with E-state index < -0.39 is 59.9 Å². The molecule has 4 heterocycles. The number of nitrogens with one attached hydrogen (secondary N) is 4. The zero-order valence-corrected chi connectivity index (χ0v) is 27.7. The summed E-state index contributed by atoms with van der Waals surface area (Å²) in [5.41, 5.74) is 1.92. The molecule has 260 valence electrons. The van der Waals surface area contributed by atoms with Crippen molar-refractivity contribution in [3.05, 3.63) is 77.6 Å². The summed E-state index contributed by atoms with van der Waals surface area (Å²) in [6.45, 7) is 3.62. The Balaban J connectivity index is 1.50. The van der Waals surface area contributed by atoms with Crippen molar-refractivity contribution in [2.75, 3.05) is 13.6 Å². The van der Waals surface area contributed by atoms with Crippen LogP contribution < -0.4 is 26.0 Å². The molecule has 1 aromatic heterocycles. The Morgan fingerprint density at radius 3 is 2.47 bits per heavy atom. The number of carboxylic acids is 1. The van der Waals surface area contributed by atoms with Crippen LogP contribution in [-0.4, -0.2) is 98.4 Å². The summed E-state index contributed by atoms with van der Waals surface area (Å²) in [7, 11) is 1.64. The number of likely N-dealkylation sites (N-methyl/N-ethyl adjacent to an activating group) is 1. The Hall–Kier alpha value is -5.31. The number of carboxylic acid groups (broad SMARTS) is 1. The minimum absolute atomic E-state index is 0.00936. The maximum atomic E-state index is 14.2. The molecule has 49 heavy (non-hydrogen) atoms. The number of benzene rings is 2. The molecular formula is C34H42N8O7. The highest BCUT2D eigenvalue weighted by Crippen LogP contribution is 2.29. The third kappa shape index (κ3) is 8.59. The molecular weight excluding hydrogens is 632 g/mol. The Labute approximate surface area is 283 Å². The lowest BCUT2D eigenvalue weighted by atomic mass is 10.0. The lowest BCUT2D eigenvalue weighted by Gasteiger charge is -2.30. The summed E-state index contributed by atoms with van der Waals surface area (Å²) in [6, 6.07) is 10.5. The summed E-state index contributed by atoms with van der Waals surface area (Å²) in [6.07, 6.45) is 2.19. The second-order valence-electron chi connectivity index (χ2n) is 12.4. The van der Waals surface area contributed by atoms with Gasteiger partial charge < -0.3 is 36.0 Å². The number of ether oxygens (including phenoxy) is 1. The molecule has 3 aliphatic rings. The number of amides is 4. The third-order valence-corrected chi connectivity index (χ3v) is 8.93. The molecule has 0 spiro atoms. The molecule has 1 unspecified atom stereocenters. The number of carbonyl (C=O) groups excluding carboxylic acids is 4. The minimum atomic E-state index is -1.28. The van der Waals surface area contributed by atoms with Crippen molar-refractivity contribution in [3.63, 3.8) is 0 Å². The molecule has 1 fully saturated rings. The summed E-state index contributed by atoms with van der Waals surface area (Å²) in [5.74, 6) is -2.80. The molecule has 2 aromatic carbocycles. The Morgan fingerprint density at radius 1 is 1.06 bits per heavy atom. The first-order valence-corrected chi connectivity index (χ1v) is 16.3. The Morgan fingerprint density at radius 2 is 1.80 bits per heavy atom. The third-order valence-electron chi connectivity index (χ3n) is 8.93. The number of aromatic nitrogens is 3. The fourth-order valence-electron chi connectivity index (χ4n) is 5.94. The van der Waals surface area contributed by atoms with E-state index in [1.807, 2.05) is 6.07 Å². The molecule has 3 aliphatic heterocycles. The SMILES string of the molecule is CC[C@H](NC(=O)[C@H](C)NC)C(=O)N1C[C@@H]2C[C@H]1C(=O)N[C@@H](Cc1ccccc1)C(=O)NC(C(=O)O)Cc1ccc(cc1)OCc1cn2nn1. The van der Waals surface area contributed by atoms with E-state index in [0.29, 0.717) is 17.0 Å². The average molecular weight is 675 g/mol. The van der Waals surface area contributed by atoms with E-state index in [1.165, 1.54) is 4.90 Å². The minimum Gasteiger partial charge on any atom is -0.487 e. The maximum Gasteiger partial charge on any atom is 0.326 e. The van der Waals surface area contributed by atoms with Crippen LogP contribution in [-0.2, 0) is 43.4 Å². The molecule has 1 saturated heterocycles. The Kier molecular flexibility index (Phi) is 11.2. The van der Waals surface area contributed by atoms with Crippen molar-refractivity contribution >= 4 is 29.6 Å². The summed E-state index contributed by atoms with van der Waals surface area (Å²) >= 11 is 0. The highest BCUT2D eigenvalue weighted by molar-refractivity contribution is 5.96. The van der Waals surface area contributed by atoms with Gasteiger partial charge in [-0.3, -0.25) is 19.2 Å². The van der Waals surface area contributed by atoms with Crippen LogP contribution in [0.3, 0.4) is 0 Å². The maximum absolute atomic E-state index is 14.2. The molecule has 6 rings (SSSR count). The fourth-order valence-corrected chi connectivity index (χ4v) is 5.94.